The quantitative estimate of drug-likeness (QED) is 0.595. The van der Waals surface area contributed by atoms with E-state index in [2.05, 4.69) is 0 Å². The molecular weight excluding hydrogens is 132 g/mol. The Morgan fingerprint density at radius 1 is 1.40 bits per heavy atom. The predicted molar refractivity (Wildman–Crippen MR) is 36.7 cm³/mol. The first-order chi connectivity index (χ1) is 4.66. The molecular formula is C7H10O3. The Balaban J connectivity index is 3.50. The molecule has 0 unspecified atom stereocenters. The van der Waals surface area contributed by atoms with Crippen LogP contribution >= 0.6 is 0 Å². The third-order valence-corrected chi connectivity index (χ3v) is 0.938. The highest BCUT2D eigenvalue weighted by atomic mass is 16.4. The summed E-state index contributed by atoms with van der Waals surface area (Å²) < 4.78 is 0. The van der Waals surface area contributed by atoms with Crippen molar-refractivity contribution in [3.05, 3.63) is 12.2 Å². The molecule has 0 fully saturated rings. The van der Waals surface area contributed by atoms with Gasteiger partial charge in [-0.3, -0.25) is 9.59 Å². The van der Waals surface area contributed by atoms with E-state index in [4.69, 9.17) is 5.11 Å². The summed E-state index contributed by atoms with van der Waals surface area (Å²) in [6.45, 7) is 1.72. The predicted octanol–water partition coefficient (Wildman–Crippen LogP) is 0.996. The van der Waals surface area contributed by atoms with Crippen LogP contribution in [0.1, 0.15) is 19.8 Å². The van der Waals surface area contributed by atoms with Crippen LogP contribution in [0.4, 0.5) is 0 Å². The van der Waals surface area contributed by atoms with Crippen LogP contribution in [0.2, 0.25) is 0 Å². The third-order valence-electron chi connectivity index (χ3n) is 0.938. The van der Waals surface area contributed by atoms with Gasteiger partial charge in [-0.25, -0.2) is 0 Å². The van der Waals surface area contributed by atoms with Crippen LogP contribution in [0, 0.1) is 0 Å². The maximum Gasteiger partial charge on any atom is 0.303 e. The summed E-state index contributed by atoms with van der Waals surface area (Å²) in [5, 5.41) is 8.15. The van der Waals surface area contributed by atoms with E-state index < -0.39 is 5.97 Å². The molecule has 0 radical (unpaired) electrons. The van der Waals surface area contributed by atoms with Crippen molar-refractivity contribution in [3.8, 4) is 0 Å². The van der Waals surface area contributed by atoms with Gasteiger partial charge in [0.25, 0.3) is 0 Å². The van der Waals surface area contributed by atoms with Crippen molar-refractivity contribution in [1.29, 1.82) is 0 Å². The fourth-order valence-electron chi connectivity index (χ4n) is 0.499. The Kier molecular flexibility index (Phi) is 4.20. The first kappa shape index (κ1) is 8.88. The number of allylic oxidation sites excluding steroid dienone is 2. The molecule has 0 bridgehead atoms. The average molecular weight is 142 g/mol. The van der Waals surface area contributed by atoms with E-state index in [0.29, 0.717) is 0 Å². The Labute approximate surface area is 59.4 Å². The Morgan fingerprint density at radius 3 is 2.40 bits per heavy atom. The molecule has 0 aliphatic rings. The number of ketones is 1. The molecule has 0 atom stereocenters. The van der Waals surface area contributed by atoms with Gasteiger partial charge in [0, 0.05) is 6.42 Å². The van der Waals surface area contributed by atoms with Crippen LogP contribution < -0.4 is 0 Å². The molecule has 0 aliphatic carbocycles. The molecule has 0 heterocycles. The molecule has 10 heavy (non-hydrogen) atoms. The summed E-state index contributed by atoms with van der Waals surface area (Å²) >= 11 is 0. The van der Waals surface area contributed by atoms with Crippen LogP contribution in [-0.2, 0) is 9.59 Å². The lowest BCUT2D eigenvalue weighted by Gasteiger charge is -1.88. The number of carbonyl (C=O) groups is 2. The van der Waals surface area contributed by atoms with Crippen molar-refractivity contribution in [3.63, 3.8) is 0 Å². The van der Waals surface area contributed by atoms with E-state index in [9.17, 15) is 9.59 Å². The van der Waals surface area contributed by atoms with Crippen LogP contribution in [0.5, 0.6) is 0 Å². The molecule has 0 aromatic rings. The topological polar surface area (TPSA) is 54.4 Å². The van der Waals surface area contributed by atoms with E-state index >= 15 is 0 Å². The largest absolute Gasteiger partial charge is 0.481 e. The maximum atomic E-state index is 10.6. The van der Waals surface area contributed by atoms with Crippen molar-refractivity contribution in [2.75, 3.05) is 0 Å². The lowest BCUT2D eigenvalue weighted by Crippen LogP contribution is -1.99. The monoisotopic (exact) mass is 142 g/mol. The first-order valence-corrected chi connectivity index (χ1v) is 3.04. The highest BCUT2D eigenvalue weighted by Crippen LogP contribution is 1.91. The van der Waals surface area contributed by atoms with Gasteiger partial charge in [-0.2, -0.15) is 0 Å². The van der Waals surface area contributed by atoms with Crippen LogP contribution in [0.25, 0.3) is 0 Å². The van der Waals surface area contributed by atoms with Crippen molar-refractivity contribution in [2.45, 2.75) is 19.8 Å². The smallest absolute Gasteiger partial charge is 0.303 e. The number of carboxylic acids is 1. The fourth-order valence-corrected chi connectivity index (χ4v) is 0.499. The van der Waals surface area contributed by atoms with Gasteiger partial charge >= 0.3 is 5.97 Å². The minimum Gasteiger partial charge on any atom is -0.481 e. The molecule has 0 rings (SSSR count). The normalized spacial score (nSPS) is 10.1. The second-order valence-electron chi connectivity index (χ2n) is 1.86. The molecule has 3 nitrogen and oxygen atoms in total. The van der Waals surface area contributed by atoms with Gasteiger partial charge in [-0.1, -0.05) is 6.08 Å². The minimum absolute atomic E-state index is 0.0802. The van der Waals surface area contributed by atoms with Gasteiger partial charge in [0.2, 0.25) is 0 Å². The summed E-state index contributed by atoms with van der Waals surface area (Å²) in [6, 6.07) is 0. The number of carbonyl (C=O) groups excluding carboxylic acids is 1. The standard InChI is InChI=1S/C7H10O3/c1-2-3-6(8)4-5-7(9)10/h2-3H,4-5H2,1H3,(H,9,10). The van der Waals surface area contributed by atoms with Crippen molar-refractivity contribution in [2.24, 2.45) is 0 Å². The SMILES string of the molecule is CC=CC(=O)CCC(=O)O. The second kappa shape index (κ2) is 4.73. The van der Waals surface area contributed by atoms with E-state index in [-0.39, 0.29) is 18.6 Å². The summed E-state index contributed by atoms with van der Waals surface area (Å²) in [4.78, 5) is 20.5. The lowest BCUT2D eigenvalue weighted by atomic mass is 10.2. The number of hydrogen-bond donors (Lipinski definition) is 1. The highest BCUT2D eigenvalue weighted by molar-refractivity contribution is 5.91. The minimum atomic E-state index is -0.933. The number of aliphatic carboxylic acids is 1. The molecule has 0 aromatic heterocycles. The molecule has 3 heteroatoms. The highest BCUT2D eigenvalue weighted by Gasteiger charge is 2.00. The Morgan fingerprint density at radius 2 is 2.00 bits per heavy atom. The zero-order chi connectivity index (χ0) is 7.98. The third kappa shape index (κ3) is 5.03. The zero-order valence-electron chi connectivity index (χ0n) is 5.83. The van der Waals surface area contributed by atoms with E-state index in [1.165, 1.54) is 6.08 Å². The molecule has 0 aliphatic heterocycles. The van der Waals surface area contributed by atoms with Crippen molar-refractivity contribution >= 4 is 11.8 Å². The molecule has 1 N–H and O–H groups in total. The molecule has 56 valence electrons. The van der Waals surface area contributed by atoms with Crippen LogP contribution in [-0.4, -0.2) is 16.9 Å². The first-order valence-electron chi connectivity index (χ1n) is 3.04. The van der Waals surface area contributed by atoms with Crippen LogP contribution in [0.15, 0.2) is 12.2 Å². The molecule has 0 saturated heterocycles. The summed E-state index contributed by atoms with van der Waals surface area (Å²) in [5.41, 5.74) is 0. The second-order valence-corrected chi connectivity index (χ2v) is 1.86. The van der Waals surface area contributed by atoms with Gasteiger partial charge in [0.15, 0.2) is 5.78 Å². The number of hydrogen-bond acceptors (Lipinski definition) is 2. The summed E-state index contributed by atoms with van der Waals surface area (Å²) in [6.07, 6.45) is 3.00. The van der Waals surface area contributed by atoms with Gasteiger partial charge in [0.05, 0.1) is 6.42 Å². The Bertz CT molecular complexity index is 158. The summed E-state index contributed by atoms with van der Waals surface area (Å²) in [7, 11) is 0. The number of rotatable bonds is 4. The van der Waals surface area contributed by atoms with Crippen molar-refractivity contribution < 1.29 is 14.7 Å². The van der Waals surface area contributed by atoms with Gasteiger partial charge in [0.1, 0.15) is 0 Å². The van der Waals surface area contributed by atoms with Gasteiger partial charge < -0.3 is 5.11 Å². The van der Waals surface area contributed by atoms with Crippen molar-refractivity contribution in [1.82, 2.24) is 0 Å². The molecule has 0 amide bonds. The van der Waals surface area contributed by atoms with Crippen LogP contribution in [0.3, 0.4) is 0 Å². The van der Waals surface area contributed by atoms with E-state index in [1.54, 1.807) is 13.0 Å². The lowest BCUT2D eigenvalue weighted by molar-refractivity contribution is -0.138. The number of carboxylic acid groups (broad SMARTS) is 1. The summed E-state index contributed by atoms with van der Waals surface area (Å²) in [5.74, 6) is -1.07. The molecule has 0 spiro atoms. The van der Waals surface area contributed by atoms with E-state index in [1.807, 2.05) is 0 Å². The molecule has 0 aromatic carbocycles. The average Bonchev–Trinajstić information content (AvgIpc) is 1.85. The fraction of sp³-hybridized carbons (Fsp3) is 0.429. The van der Waals surface area contributed by atoms with Gasteiger partial charge in [-0.15, -0.1) is 0 Å². The maximum absolute atomic E-state index is 10.6. The Hall–Kier alpha value is -1.12. The van der Waals surface area contributed by atoms with Gasteiger partial charge in [-0.05, 0) is 13.0 Å². The van der Waals surface area contributed by atoms with E-state index in [0.717, 1.165) is 0 Å². The molecule has 0 saturated carbocycles. The zero-order valence-corrected chi connectivity index (χ0v) is 5.83.